The van der Waals surface area contributed by atoms with Crippen LogP contribution in [0.1, 0.15) is 12.7 Å². The standard InChI is InChI=1S/C15H11NO4S/c1-8-14(12-6-21-7-16-12)15(18)11-4-3-10(20-9(2)17)5-13(11)19-8/h3-7H,1-2H3. The Morgan fingerprint density at radius 3 is 2.86 bits per heavy atom. The van der Waals surface area contributed by atoms with Crippen LogP contribution in [-0.4, -0.2) is 11.0 Å². The van der Waals surface area contributed by atoms with Crippen molar-refractivity contribution in [2.75, 3.05) is 0 Å². The van der Waals surface area contributed by atoms with Gasteiger partial charge in [0.15, 0.2) is 0 Å². The Morgan fingerprint density at radius 1 is 1.38 bits per heavy atom. The molecule has 3 aromatic rings. The van der Waals surface area contributed by atoms with Crippen molar-refractivity contribution in [2.24, 2.45) is 0 Å². The van der Waals surface area contributed by atoms with Gasteiger partial charge < -0.3 is 9.15 Å². The van der Waals surface area contributed by atoms with Crippen molar-refractivity contribution >= 4 is 28.3 Å². The lowest BCUT2D eigenvalue weighted by Crippen LogP contribution is -2.08. The topological polar surface area (TPSA) is 69.4 Å². The molecule has 0 aliphatic carbocycles. The first-order chi connectivity index (χ1) is 10.1. The maximum Gasteiger partial charge on any atom is 0.308 e. The van der Waals surface area contributed by atoms with Crippen LogP contribution in [-0.2, 0) is 4.79 Å². The van der Waals surface area contributed by atoms with Crippen LogP contribution in [0.4, 0.5) is 0 Å². The van der Waals surface area contributed by atoms with Crippen molar-refractivity contribution in [3.63, 3.8) is 0 Å². The molecule has 21 heavy (non-hydrogen) atoms. The zero-order valence-electron chi connectivity index (χ0n) is 11.4. The molecular formula is C15H11NO4S. The van der Waals surface area contributed by atoms with Crippen molar-refractivity contribution in [3.8, 4) is 17.0 Å². The summed E-state index contributed by atoms with van der Waals surface area (Å²) in [4.78, 5) is 27.7. The Labute approximate surface area is 123 Å². The molecule has 3 rings (SSSR count). The summed E-state index contributed by atoms with van der Waals surface area (Å²) < 4.78 is 10.7. The molecule has 0 saturated carbocycles. The summed E-state index contributed by atoms with van der Waals surface area (Å²) in [5.74, 6) is 0.407. The molecular weight excluding hydrogens is 290 g/mol. The molecule has 0 aliphatic rings. The van der Waals surface area contributed by atoms with Gasteiger partial charge in [0.25, 0.3) is 0 Å². The van der Waals surface area contributed by atoms with Crippen LogP contribution < -0.4 is 10.2 Å². The highest BCUT2D eigenvalue weighted by Gasteiger charge is 2.15. The van der Waals surface area contributed by atoms with E-state index in [0.717, 1.165) is 0 Å². The summed E-state index contributed by atoms with van der Waals surface area (Å²) in [7, 11) is 0. The molecule has 0 aliphatic heterocycles. The molecule has 0 radical (unpaired) electrons. The van der Waals surface area contributed by atoms with Crippen LogP contribution in [0.5, 0.6) is 5.75 Å². The Bertz CT molecular complexity index is 881. The number of carbonyl (C=O) groups excluding carboxylic acids is 1. The van der Waals surface area contributed by atoms with E-state index in [1.54, 1.807) is 29.9 Å². The molecule has 2 aromatic heterocycles. The van der Waals surface area contributed by atoms with Gasteiger partial charge in [0.05, 0.1) is 22.2 Å². The Balaban J connectivity index is 2.23. The molecule has 6 heteroatoms. The van der Waals surface area contributed by atoms with Gasteiger partial charge in [0.2, 0.25) is 5.43 Å². The van der Waals surface area contributed by atoms with Crippen LogP contribution in [0.3, 0.4) is 0 Å². The van der Waals surface area contributed by atoms with Gasteiger partial charge in [-0.25, -0.2) is 4.98 Å². The molecule has 0 atom stereocenters. The van der Waals surface area contributed by atoms with Gasteiger partial charge in [-0.15, -0.1) is 11.3 Å². The summed E-state index contributed by atoms with van der Waals surface area (Å²) in [6.45, 7) is 3.03. The third-order valence-corrected chi connectivity index (χ3v) is 3.58. The fourth-order valence-corrected chi connectivity index (χ4v) is 2.69. The van der Waals surface area contributed by atoms with E-state index in [2.05, 4.69) is 4.98 Å². The number of ether oxygens (including phenoxy) is 1. The minimum Gasteiger partial charge on any atom is -0.460 e. The molecule has 2 heterocycles. The monoisotopic (exact) mass is 301 g/mol. The summed E-state index contributed by atoms with van der Waals surface area (Å²) >= 11 is 1.42. The smallest absolute Gasteiger partial charge is 0.308 e. The van der Waals surface area contributed by atoms with Crippen LogP contribution in [0.15, 0.2) is 38.3 Å². The van der Waals surface area contributed by atoms with E-state index in [1.807, 2.05) is 0 Å². The Morgan fingerprint density at radius 2 is 2.19 bits per heavy atom. The fourth-order valence-electron chi connectivity index (χ4n) is 2.15. The molecule has 0 N–H and O–H groups in total. The third kappa shape index (κ3) is 2.45. The van der Waals surface area contributed by atoms with Gasteiger partial charge in [-0.1, -0.05) is 0 Å². The van der Waals surface area contributed by atoms with Crippen LogP contribution >= 0.6 is 11.3 Å². The zero-order chi connectivity index (χ0) is 15.0. The average Bonchev–Trinajstić information content (AvgIpc) is 2.91. The lowest BCUT2D eigenvalue weighted by Gasteiger charge is -2.06. The van der Waals surface area contributed by atoms with E-state index in [9.17, 15) is 9.59 Å². The Kier molecular flexibility index (Phi) is 3.31. The van der Waals surface area contributed by atoms with Gasteiger partial charge >= 0.3 is 5.97 Å². The molecule has 0 saturated heterocycles. The molecule has 0 spiro atoms. The predicted octanol–water partition coefficient (Wildman–Crippen LogP) is 3.15. The zero-order valence-corrected chi connectivity index (χ0v) is 12.2. The van der Waals surface area contributed by atoms with Crippen molar-refractivity contribution in [3.05, 3.63) is 45.1 Å². The number of esters is 1. The SMILES string of the molecule is CC(=O)Oc1ccc2c(=O)c(-c3cscn3)c(C)oc2c1. The molecule has 0 fully saturated rings. The first-order valence-electron chi connectivity index (χ1n) is 6.20. The van der Waals surface area contributed by atoms with E-state index >= 15 is 0 Å². The van der Waals surface area contributed by atoms with Crippen LogP contribution in [0, 0.1) is 6.92 Å². The van der Waals surface area contributed by atoms with Crippen molar-refractivity contribution < 1.29 is 13.9 Å². The summed E-state index contributed by atoms with van der Waals surface area (Å²) in [5, 5.41) is 2.23. The van der Waals surface area contributed by atoms with E-state index in [1.165, 1.54) is 24.3 Å². The van der Waals surface area contributed by atoms with Crippen molar-refractivity contribution in [1.82, 2.24) is 4.98 Å². The molecule has 0 bridgehead atoms. The van der Waals surface area contributed by atoms with Crippen LogP contribution in [0.25, 0.3) is 22.2 Å². The van der Waals surface area contributed by atoms with Gasteiger partial charge in [-0.05, 0) is 19.1 Å². The molecule has 106 valence electrons. The molecule has 0 unspecified atom stereocenters. The number of rotatable bonds is 2. The highest BCUT2D eigenvalue weighted by Crippen LogP contribution is 2.26. The number of aromatic nitrogens is 1. The number of thiazole rings is 1. The number of benzene rings is 1. The Hall–Kier alpha value is -2.47. The van der Waals surface area contributed by atoms with E-state index in [-0.39, 0.29) is 5.43 Å². The quantitative estimate of drug-likeness (QED) is 0.537. The van der Waals surface area contributed by atoms with Gasteiger partial charge in [0.1, 0.15) is 17.1 Å². The summed E-state index contributed by atoms with van der Waals surface area (Å²) in [6, 6.07) is 4.70. The van der Waals surface area contributed by atoms with Crippen molar-refractivity contribution in [2.45, 2.75) is 13.8 Å². The minimum atomic E-state index is -0.424. The molecule has 1 aromatic carbocycles. The van der Waals surface area contributed by atoms with Gasteiger partial charge in [-0.3, -0.25) is 9.59 Å². The average molecular weight is 301 g/mol. The third-order valence-electron chi connectivity index (χ3n) is 2.99. The summed E-state index contributed by atoms with van der Waals surface area (Å²) in [5.41, 5.74) is 2.98. The lowest BCUT2D eigenvalue weighted by atomic mass is 10.1. The van der Waals surface area contributed by atoms with Gasteiger partial charge in [-0.2, -0.15) is 0 Å². The van der Waals surface area contributed by atoms with Gasteiger partial charge in [0, 0.05) is 18.4 Å². The summed E-state index contributed by atoms with van der Waals surface area (Å²) in [6.07, 6.45) is 0. The predicted molar refractivity (Wildman–Crippen MR) is 79.6 cm³/mol. The first-order valence-corrected chi connectivity index (χ1v) is 7.15. The second-order valence-corrected chi connectivity index (χ2v) is 5.21. The second kappa shape index (κ2) is 5.14. The minimum absolute atomic E-state index is 0.144. The van der Waals surface area contributed by atoms with E-state index in [4.69, 9.17) is 9.15 Å². The van der Waals surface area contributed by atoms with E-state index < -0.39 is 5.97 Å². The number of hydrogen-bond donors (Lipinski definition) is 0. The maximum absolute atomic E-state index is 12.6. The maximum atomic E-state index is 12.6. The normalized spacial score (nSPS) is 10.8. The first kappa shape index (κ1) is 13.5. The fraction of sp³-hybridized carbons (Fsp3) is 0.133. The molecule has 5 nitrogen and oxygen atoms in total. The molecule has 0 amide bonds. The highest BCUT2D eigenvalue weighted by atomic mass is 32.1. The number of carbonyl (C=O) groups is 1. The number of hydrogen-bond acceptors (Lipinski definition) is 6. The van der Waals surface area contributed by atoms with Crippen LogP contribution in [0.2, 0.25) is 0 Å². The lowest BCUT2D eigenvalue weighted by molar-refractivity contribution is -0.131. The largest absolute Gasteiger partial charge is 0.460 e. The highest BCUT2D eigenvalue weighted by molar-refractivity contribution is 7.07. The van der Waals surface area contributed by atoms with Crippen molar-refractivity contribution in [1.29, 1.82) is 0 Å². The van der Waals surface area contributed by atoms with E-state index in [0.29, 0.717) is 33.7 Å². The number of aryl methyl sites for hydroxylation is 1. The second-order valence-electron chi connectivity index (χ2n) is 4.49. The number of fused-ring (bicyclic) bond motifs is 1. The number of nitrogens with zero attached hydrogens (tertiary/aromatic N) is 1.